The molecule has 0 bridgehead atoms. The second-order valence-electron chi connectivity index (χ2n) is 8.21. The summed E-state index contributed by atoms with van der Waals surface area (Å²) in [7, 11) is 0. The van der Waals surface area contributed by atoms with Gasteiger partial charge in [-0.15, -0.1) is 0 Å². The molecule has 0 unspecified atom stereocenters. The molecule has 166 valence electrons. The van der Waals surface area contributed by atoms with Gasteiger partial charge in [-0.3, -0.25) is 10.8 Å². The average Bonchev–Trinajstić information content (AvgIpc) is 2.76. The SMILES string of the molecule is CC(C)Cc1cc(COc2ccc(C(=N)N)cc2)cc(COc2ccc(C(=N)N)cc2)c1. The van der Waals surface area contributed by atoms with E-state index in [9.17, 15) is 0 Å². The maximum absolute atomic E-state index is 7.49. The lowest BCUT2D eigenvalue weighted by molar-refractivity contribution is 0.299. The Kier molecular flexibility index (Phi) is 7.49. The van der Waals surface area contributed by atoms with Gasteiger partial charge in [-0.25, -0.2) is 0 Å². The fraction of sp³-hybridized carbons (Fsp3) is 0.231. The van der Waals surface area contributed by atoms with Crippen molar-refractivity contribution in [2.75, 3.05) is 0 Å². The summed E-state index contributed by atoms with van der Waals surface area (Å²) in [5.41, 5.74) is 15.8. The highest BCUT2D eigenvalue weighted by molar-refractivity contribution is 5.95. The summed E-state index contributed by atoms with van der Waals surface area (Å²) in [6, 6.07) is 20.9. The van der Waals surface area contributed by atoms with Crippen LogP contribution in [0.4, 0.5) is 0 Å². The number of hydrogen-bond donors (Lipinski definition) is 4. The van der Waals surface area contributed by atoms with Crippen LogP contribution in [0.15, 0.2) is 66.7 Å². The smallest absolute Gasteiger partial charge is 0.122 e. The molecule has 0 aliphatic carbocycles. The average molecular weight is 431 g/mol. The van der Waals surface area contributed by atoms with E-state index in [1.54, 1.807) is 24.3 Å². The van der Waals surface area contributed by atoms with Crippen molar-refractivity contribution in [2.24, 2.45) is 17.4 Å². The molecule has 3 aromatic carbocycles. The molecule has 0 atom stereocenters. The first-order chi connectivity index (χ1) is 15.3. The molecule has 32 heavy (non-hydrogen) atoms. The summed E-state index contributed by atoms with van der Waals surface area (Å²) in [6.07, 6.45) is 0.974. The first-order valence-corrected chi connectivity index (χ1v) is 10.6. The summed E-state index contributed by atoms with van der Waals surface area (Å²) in [5, 5.41) is 15.0. The molecule has 0 fully saturated rings. The largest absolute Gasteiger partial charge is 0.489 e. The first-order valence-electron chi connectivity index (χ1n) is 10.6. The molecule has 6 heteroatoms. The van der Waals surface area contributed by atoms with Crippen molar-refractivity contribution in [3.8, 4) is 11.5 Å². The third-order valence-corrected chi connectivity index (χ3v) is 4.90. The van der Waals surface area contributed by atoms with Gasteiger partial charge in [0, 0.05) is 11.1 Å². The van der Waals surface area contributed by atoms with Crippen LogP contribution in [-0.4, -0.2) is 11.7 Å². The van der Waals surface area contributed by atoms with E-state index in [4.69, 9.17) is 31.8 Å². The van der Waals surface area contributed by atoms with E-state index in [1.807, 2.05) is 24.3 Å². The Bertz CT molecular complexity index is 994. The summed E-state index contributed by atoms with van der Waals surface area (Å²) >= 11 is 0. The molecule has 0 saturated heterocycles. The van der Waals surface area contributed by atoms with Crippen molar-refractivity contribution in [1.82, 2.24) is 0 Å². The maximum Gasteiger partial charge on any atom is 0.122 e. The molecule has 0 saturated carbocycles. The molecule has 0 aliphatic heterocycles. The zero-order valence-electron chi connectivity index (χ0n) is 18.5. The number of hydrogen-bond acceptors (Lipinski definition) is 4. The summed E-state index contributed by atoms with van der Waals surface area (Å²) in [5.74, 6) is 2.08. The third kappa shape index (κ3) is 6.60. The quantitative estimate of drug-likeness (QED) is 0.277. The normalized spacial score (nSPS) is 10.7. The highest BCUT2D eigenvalue weighted by Gasteiger charge is 2.07. The molecular weight excluding hydrogens is 400 g/mol. The highest BCUT2D eigenvalue weighted by Crippen LogP contribution is 2.20. The summed E-state index contributed by atoms with van der Waals surface area (Å²) in [4.78, 5) is 0. The molecule has 3 aromatic rings. The van der Waals surface area contributed by atoms with Crippen LogP contribution in [0.2, 0.25) is 0 Å². The lowest BCUT2D eigenvalue weighted by atomic mass is 9.98. The third-order valence-electron chi connectivity index (χ3n) is 4.90. The molecule has 0 spiro atoms. The van der Waals surface area contributed by atoms with Crippen LogP contribution in [0.25, 0.3) is 0 Å². The number of rotatable bonds is 10. The van der Waals surface area contributed by atoms with Gasteiger partial charge in [0.15, 0.2) is 0 Å². The Hall–Kier alpha value is -3.80. The number of nitrogens with two attached hydrogens (primary N) is 2. The minimum atomic E-state index is 0.0403. The van der Waals surface area contributed by atoms with Gasteiger partial charge in [0.1, 0.15) is 36.4 Å². The predicted molar refractivity (Wildman–Crippen MR) is 129 cm³/mol. The van der Waals surface area contributed by atoms with Crippen LogP contribution in [0.5, 0.6) is 11.5 Å². The first kappa shape index (κ1) is 22.9. The second kappa shape index (κ2) is 10.5. The van der Waals surface area contributed by atoms with Crippen molar-refractivity contribution in [3.05, 3.63) is 94.5 Å². The van der Waals surface area contributed by atoms with Crippen LogP contribution in [0.3, 0.4) is 0 Å². The minimum Gasteiger partial charge on any atom is -0.489 e. The van der Waals surface area contributed by atoms with E-state index in [-0.39, 0.29) is 11.7 Å². The highest BCUT2D eigenvalue weighted by atomic mass is 16.5. The Morgan fingerprint density at radius 1 is 0.688 bits per heavy atom. The van der Waals surface area contributed by atoms with Gasteiger partial charge >= 0.3 is 0 Å². The Morgan fingerprint density at radius 3 is 1.41 bits per heavy atom. The van der Waals surface area contributed by atoms with Gasteiger partial charge in [-0.2, -0.15) is 0 Å². The van der Waals surface area contributed by atoms with E-state index < -0.39 is 0 Å². The fourth-order valence-electron chi connectivity index (χ4n) is 3.39. The molecule has 0 aliphatic rings. The topological polar surface area (TPSA) is 118 Å². The fourth-order valence-corrected chi connectivity index (χ4v) is 3.39. The lowest BCUT2D eigenvalue weighted by Gasteiger charge is -2.14. The molecule has 3 rings (SSSR count). The predicted octanol–water partition coefficient (Wildman–Crippen LogP) is 4.61. The number of benzene rings is 3. The van der Waals surface area contributed by atoms with Gasteiger partial charge in [-0.1, -0.05) is 26.0 Å². The zero-order valence-corrected chi connectivity index (χ0v) is 18.5. The number of amidine groups is 2. The van der Waals surface area contributed by atoms with Gasteiger partial charge < -0.3 is 20.9 Å². The number of nitrogens with one attached hydrogen (secondary N) is 2. The molecule has 6 N–H and O–H groups in total. The maximum atomic E-state index is 7.49. The number of ether oxygens (including phenoxy) is 2. The van der Waals surface area contributed by atoms with Crippen molar-refractivity contribution in [1.29, 1.82) is 10.8 Å². The monoisotopic (exact) mass is 430 g/mol. The summed E-state index contributed by atoms with van der Waals surface area (Å²) in [6.45, 7) is 5.27. The van der Waals surface area contributed by atoms with Gasteiger partial charge in [0.05, 0.1) is 0 Å². The van der Waals surface area contributed by atoms with Crippen LogP contribution in [-0.2, 0) is 19.6 Å². The Labute approximate surface area is 189 Å². The van der Waals surface area contributed by atoms with Crippen molar-refractivity contribution in [3.63, 3.8) is 0 Å². The Balaban J connectivity index is 1.70. The van der Waals surface area contributed by atoms with Gasteiger partial charge in [0.2, 0.25) is 0 Å². The summed E-state index contributed by atoms with van der Waals surface area (Å²) < 4.78 is 11.9. The van der Waals surface area contributed by atoms with E-state index in [2.05, 4.69) is 32.0 Å². The Morgan fingerprint density at radius 2 is 1.06 bits per heavy atom. The van der Waals surface area contributed by atoms with E-state index in [0.717, 1.165) is 29.0 Å². The van der Waals surface area contributed by atoms with Gasteiger partial charge in [-0.05, 0) is 83.6 Å². The van der Waals surface area contributed by atoms with E-state index in [1.165, 1.54) is 5.56 Å². The van der Waals surface area contributed by atoms with E-state index in [0.29, 0.717) is 30.3 Å². The molecule has 0 heterocycles. The standard InChI is InChI=1S/C26H30N4O2/c1-17(2)11-18-12-19(15-31-23-7-3-21(4-8-23)25(27)28)14-20(13-18)16-32-24-9-5-22(6-10-24)26(29)30/h3-10,12-14,17H,11,15-16H2,1-2H3,(H3,27,28)(H3,29,30). The van der Waals surface area contributed by atoms with Gasteiger partial charge in [0.25, 0.3) is 0 Å². The molecule has 0 amide bonds. The second-order valence-corrected chi connectivity index (χ2v) is 8.21. The molecular formula is C26H30N4O2. The van der Waals surface area contributed by atoms with Crippen LogP contribution in [0.1, 0.15) is 41.7 Å². The van der Waals surface area contributed by atoms with Crippen molar-refractivity contribution in [2.45, 2.75) is 33.5 Å². The van der Waals surface area contributed by atoms with Crippen molar-refractivity contribution >= 4 is 11.7 Å². The van der Waals surface area contributed by atoms with Crippen LogP contribution in [0, 0.1) is 16.7 Å². The lowest BCUT2D eigenvalue weighted by Crippen LogP contribution is -2.10. The molecule has 6 nitrogen and oxygen atoms in total. The molecule has 0 radical (unpaired) electrons. The van der Waals surface area contributed by atoms with Crippen molar-refractivity contribution < 1.29 is 9.47 Å². The van der Waals surface area contributed by atoms with Crippen LogP contribution < -0.4 is 20.9 Å². The minimum absolute atomic E-state index is 0.0403. The number of nitrogen functional groups attached to an aromatic ring is 2. The van der Waals surface area contributed by atoms with E-state index >= 15 is 0 Å². The van der Waals surface area contributed by atoms with Crippen LogP contribution >= 0.6 is 0 Å². The zero-order chi connectivity index (χ0) is 23.1. The molecule has 0 aromatic heterocycles.